The Morgan fingerprint density at radius 2 is 1.88 bits per heavy atom. The second kappa shape index (κ2) is 8.20. The predicted molar refractivity (Wildman–Crippen MR) is 103 cm³/mol. The normalized spacial score (nSPS) is 11.4. The largest absolute Gasteiger partial charge is 0.493 e. The summed E-state index contributed by atoms with van der Waals surface area (Å²) in [5.41, 5.74) is 9.03. The van der Waals surface area contributed by atoms with E-state index in [4.69, 9.17) is 15.2 Å². The molecule has 0 amide bonds. The number of nitrogens with zero attached hydrogens (tertiary/aromatic N) is 2. The molecule has 3 rings (SSSR count). The maximum Gasteiger partial charge on any atom is 0.189 e. The van der Waals surface area contributed by atoms with E-state index >= 15 is 0 Å². The number of aromatic nitrogens is 1. The first kappa shape index (κ1) is 17.5. The number of guanidine groups is 1. The van der Waals surface area contributed by atoms with Crippen molar-refractivity contribution >= 4 is 16.9 Å². The fraction of sp³-hybridized carbons (Fsp3) is 0.200. The predicted octanol–water partition coefficient (Wildman–Crippen LogP) is 2.86. The highest BCUT2D eigenvalue weighted by Gasteiger charge is 2.05. The summed E-state index contributed by atoms with van der Waals surface area (Å²) in [6.45, 7) is 1.02. The molecule has 0 spiro atoms. The lowest BCUT2D eigenvalue weighted by molar-refractivity contribution is 0.354. The van der Waals surface area contributed by atoms with Gasteiger partial charge in [-0.2, -0.15) is 0 Å². The molecule has 1 aromatic heterocycles. The molecule has 134 valence electrons. The van der Waals surface area contributed by atoms with Crippen molar-refractivity contribution in [2.45, 2.75) is 13.1 Å². The van der Waals surface area contributed by atoms with E-state index in [1.54, 1.807) is 20.4 Å². The van der Waals surface area contributed by atoms with Crippen molar-refractivity contribution in [1.29, 1.82) is 0 Å². The SMILES string of the molecule is COc1ccc(CN=C(N)NCc2cccc3cccnc23)cc1OC. The monoisotopic (exact) mass is 350 g/mol. The van der Waals surface area contributed by atoms with Gasteiger partial charge in [-0.05, 0) is 29.3 Å². The maximum atomic E-state index is 6.00. The Balaban J connectivity index is 1.65. The summed E-state index contributed by atoms with van der Waals surface area (Å²) >= 11 is 0. The first-order valence-electron chi connectivity index (χ1n) is 8.28. The van der Waals surface area contributed by atoms with Crippen LogP contribution in [0.5, 0.6) is 11.5 Å². The molecule has 0 aliphatic carbocycles. The number of para-hydroxylation sites is 1. The van der Waals surface area contributed by atoms with Crippen LogP contribution in [0.25, 0.3) is 10.9 Å². The van der Waals surface area contributed by atoms with Crippen LogP contribution in [0, 0.1) is 0 Å². The van der Waals surface area contributed by atoms with Gasteiger partial charge in [-0.1, -0.05) is 30.3 Å². The van der Waals surface area contributed by atoms with Crippen LogP contribution >= 0.6 is 0 Å². The van der Waals surface area contributed by atoms with Gasteiger partial charge in [0.05, 0.1) is 26.3 Å². The van der Waals surface area contributed by atoms with Crippen LogP contribution in [0.15, 0.2) is 59.7 Å². The number of methoxy groups -OCH3 is 2. The molecule has 1 heterocycles. The highest BCUT2D eigenvalue weighted by molar-refractivity contribution is 5.83. The molecule has 0 bridgehead atoms. The average molecular weight is 350 g/mol. The Kier molecular flexibility index (Phi) is 5.53. The van der Waals surface area contributed by atoms with E-state index in [1.165, 1.54) is 0 Å². The molecule has 2 aromatic carbocycles. The standard InChI is InChI=1S/C20H22N4O2/c1-25-17-9-8-14(11-18(17)26-2)12-23-20(21)24-13-16-6-3-5-15-7-4-10-22-19(15)16/h3-11H,12-13H2,1-2H3,(H3,21,23,24). The third-order valence-corrected chi connectivity index (χ3v) is 4.06. The smallest absolute Gasteiger partial charge is 0.189 e. The van der Waals surface area contributed by atoms with E-state index in [-0.39, 0.29) is 0 Å². The topological polar surface area (TPSA) is 81.8 Å². The molecule has 0 saturated heterocycles. The summed E-state index contributed by atoms with van der Waals surface area (Å²) in [7, 11) is 3.22. The molecule has 0 unspecified atom stereocenters. The van der Waals surface area contributed by atoms with Gasteiger partial charge >= 0.3 is 0 Å². The summed E-state index contributed by atoms with van der Waals surface area (Å²) in [5.74, 6) is 1.75. The van der Waals surface area contributed by atoms with Crippen LogP contribution in [0.4, 0.5) is 0 Å². The number of aliphatic imine (C=N–C) groups is 1. The number of rotatable bonds is 6. The van der Waals surface area contributed by atoms with Gasteiger partial charge in [0.25, 0.3) is 0 Å². The van der Waals surface area contributed by atoms with E-state index in [0.29, 0.717) is 30.5 Å². The number of hydrogen-bond donors (Lipinski definition) is 2. The zero-order valence-corrected chi connectivity index (χ0v) is 14.9. The summed E-state index contributed by atoms with van der Waals surface area (Å²) in [4.78, 5) is 8.83. The summed E-state index contributed by atoms with van der Waals surface area (Å²) < 4.78 is 10.5. The molecule has 6 heteroatoms. The van der Waals surface area contributed by atoms with Crippen LogP contribution in [0.1, 0.15) is 11.1 Å². The number of hydrogen-bond acceptors (Lipinski definition) is 4. The molecule has 0 radical (unpaired) electrons. The Labute approximate surface area is 152 Å². The van der Waals surface area contributed by atoms with E-state index in [9.17, 15) is 0 Å². The highest BCUT2D eigenvalue weighted by atomic mass is 16.5. The minimum absolute atomic E-state index is 0.382. The number of nitrogens with one attached hydrogen (secondary N) is 1. The number of fused-ring (bicyclic) bond motifs is 1. The van der Waals surface area contributed by atoms with Gasteiger partial charge in [0.1, 0.15) is 0 Å². The van der Waals surface area contributed by atoms with Crippen LogP contribution in [0.3, 0.4) is 0 Å². The molecule has 6 nitrogen and oxygen atoms in total. The number of benzene rings is 2. The van der Waals surface area contributed by atoms with Gasteiger partial charge in [0, 0.05) is 18.1 Å². The minimum atomic E-state index is 0.382. The Morgan fingerprint density at radius 1 is 1.08 bits per heavy atom. The number of nitrogens with two attached hydrogens (primary N) is 1. The van der Waals surface area contributed by atoms with Crippen molar-refractivity contribution in [3.05, 3.63) is 65.9 Å². The lowest BCUT2D eigenvalue weighted by Gasteiger charge is -2.10. The van der Waals surface area contributed by atoms with Crippen molar-refractivity contribution in [2.75, 3.05) is 14.2 Å². The van der Waals surface area contributed by atoms with Crippen molar-refractivity contribution in [3.63, 3.8) is 0 Å². The van der Waals surface area contributed by atoms with Gasteiger partial charge in [-0.3, -0.25) is 4.98 Å². The molecule has 0 aliphatic heterocycles. The van der Waals surface area contributed by atoms with Crippen molar-refractivity contribution in [3.8, 4) is 11.5 Å². The van der Waals surface area contributed by atoms with Crippen LogP contribution in [0.2, 0.25) is 0 Å². The van der Waals surface area contributed by atoms with Gasteiger partial charge in [0.15, 0.2) is 17.5 Å². The zero-order valence-electron chi connectivity index (χ0n) is 14.9. The van der Waals surface area contributed by atoms with Crippen molar-refractivity contribution in [2.24, 2.45) is 10.7 Å². The van der Waals surface area contributed by atoms with Crippen molar-refractivity contribution < 1.29 is 9.47 Å². The van der Waals surface area contributed by atoms with Crippen LogP contribution in [-0.2, 0) is 13.1 Å². The fourth-order valence-electron chi connectivity index (χ4n) is 2.71. The lowest BCUT2D eigenvalue weighted by atomic mass is 10.1. The number of ether oxygens (including phenoxy) is 2. The molecule has 0 atom stereocenters. The van der Waals surface area contributed by atoms with Gasteiger partial charge < -0.3 is 20.5 Å². The maximum absolute atomic E-state index is 6.00. The average Bonchev–Trinajstić information content (AvgIpc) is 2.70. The van der Waals surface area contributed by atoms with Gasteiger partial charge in [-0.25, -0.2) is 4.99 Å². The second-order valence-corrected chi connectivity index (χ2v) is 5.74. The quantitative estimate of drug-likeness (QED) is 0.528. The molecule has 0 fully saturated rings. The zero-order chi connectivity index (χ0) is 18.4. The first-order valence-corrected chi connectivity index (χ1v) is 8.28. The minimum Gasteiger partial charge on any atom is -0.493 e. The number of pyridine rings is 1. The molecular formula is C20H22N4O2. The van der Waals surface area contributed by atoms with Crippen LogP contribution < -0.4 is 20.5 Å². The summed E-state index contributed by atoms with van der Waals surface area (Å²) in [5, 5.41) is 4.25. The van der Waals surface area contributed by atoms with E-state index in [2.05, 4.69) is 15.3 Å². The molecule has 0 aliphatic rings. The van der Waals surface area contributed by atoms with Crippen molar-refractivity contribution in [1.82, 2.24) is 10.3 Å². The van der Waals surface area contributed by atoms with Crippen LogP contribution in [-0.4, -0.2) is 25.2 Å². The Hall–Kier alpha value is -3.28. The molecular weight excluding hydrogens is 328 g/mol. The summed E-state index contributed by atoms with van der Waals surface area (Å²) in [6.07, 6.45) is 1.79. The fourth-order valence-corrected chi connectivity index (χ4v) is 2.71. The highest BCUT2D eigenvalue weighted by Crippen LogP contribution is 2.27. The van der Waals surface area contributed by atoms with E-state index in [0.717, 1.165) is 22.0 Å². The summed E-state index contributed by atoms with van der Waals surface area (Å²) in [6, 6.07) is 15.7. The Morgan fingerprint density at radius 3 is 2.69 bits per heavy atom. The van der Waals surface area contributed by atoms with Gasteiger partial charge in [0.2, 0.25) is 0 Å². The lowest BCUT2D eigenvalue weighted by Crippen LogP contribution is -2.31. The van der Waals surface area contributed by atoms with Gasteiger partial charge in [-0.15, -0.1) is 0 Å². The van der Waals surface area contributed by atoms with E-state index in [1.807, 2.05) is 48.5 Å². The molecule has 26 heavy (non-hydrogen) atoms. The third kappa shape index (κ3) is 4.03. The Bertz CT molecular complexity index is 919. The second-order valence-electron chi connectivity index (χ2n) is 5.74. The molecule has 0 saturated carbocycles. The molecule has 3 N–H and O–H groups in total. The first-order chi connectivity index (χ1) is 12.7. The molecule has 3 aromatic rings. The van der Waals surface area contributed by atoms with E-state index < -0.39 is 0 Å². The third-order valence-electron chi connectivity index (χ3n) is 4.06.